The number of carboxylic acid groups (broad SMARTS) is 1. The summed E-state index contributed by atoms with van der Waals surface area (Å²) in [6.07, 6.45) is 0. The van der Waals surface area contributed by atoms with E-state index in [-0.39, 0.29) is 16.5 Å². The zero-order valence-electron chi connectivity index (χ0n) is 16.3. The molecular weight excluding hydrogens is 409 g/mol. The molecule has 2 aromatic carbocycles. The van der Waals surface area contributed by atoms with Gasteiger partial charge in [-0.1, -0.05) is 6.07 Å². The zero-order chi connectivity index (χ0) is 21.4. The van der Waals surface area contributed by atoms with Crippen molar-refractivity contribution < 1.29 is 19.0 Å². The Hall–Kier alpha value is -3.66. The van der Waals surface area contributed by atoms with Gasteiger partial charge in [0.1, 0.15) is 15.6 Å². The minimum atomic E-state index is -1.03. The van der Waals surface area contributed by atoms with Gasteiger partial charge >= 0.3 is 5.97 Å². The lowest BCUT2D eigenvalue weighted by Gasteiger charge is -2.11. The van der Waals surface area contributed by atoms with Gasteiger partial charge in [-0.25, -0.2) is 14.2 Å². The first-order valence-corrected chi connectivity index (χ1v) is 9.67. The highest BCUT2D eigenvalue weighted by Crippen LogP contribution is 2.37. The number of rotatable bonds is 5. The van der Waals surface area contributed by atoms with Gasteiger partial charge in [0.15, 0.2) is 11.6 Å². The molecule has 152 valence electrons. The predicted octanol–water partition coefficient (Wildman–Crippen LogP) is 4.25. The van der Waals surface area contributed by atoms with Crippen LogP contribution < -0.4 is 4.74 Å². The summed E-state index contributed by atoms with van der Waals surface area (Å²) in [6, 6.07) is 9.70. The summed E-state index contributed by atoms with van der Waals surface area (Å²) in [5.41, 5.74) is 2.42. The number of halogens is 1. The van der Waals surface area contributed by atoms with Crippen LogP contribution >= 0.6 is 11.3 Å². The fraction of sp³-hybridized carbons (Fsp3) is 0.150. The largest absolute Gasteiger partial charge is 0.477 e. The summed E-state index contributed by atoms with van der Waals surface area (Å²) >= 11 is 1.07. The van der Waals surface area contributed by atoms with Gasteiger partial charge in [0.05, 0.1) is 18.3 Å². The first-order valence-electron chi connectivity index (χ1n) is 8.85. The molecule has 2 heterocycles. The molecular formula is C20H16FN5O3S. The number of aromatic nitrogens is 5. The highest BCUT2D eigenvalue weighted by atomic mass is 32.1. The van der Waals surface area contributed by atoms with Crippen molar-refractivity contribution in [3.63, 3.8) is 0 Å². The van der Waals surface area contributed by atoms with E-state index in [2.05, 4.69) is 20.4 Å². The Kier molecular flexibility index (Phi) is 5.00. The van der Waals surface area contributed by atoms with E-state index in [9.17, 15) is 14.3 Å². The normalized spacial score (nSPS) is 10.9. The molecule has 0 fully saturated rings. The van der Waals surface area contributed by atoms with E-state index in [1.54, 1.807) is 44.3 Å². The molecule has 0 aliphatic carbocycles. The number of thiazole rings is 1. The molecule has 0 saturated carbocycles. The first kappa shape index (κ1) is 19.6. The molecule has 4 rings (SSSR count). The topological polar surface area (TPSA) is 103 Å². The van der Waals surface area contributed by atoms with Crippen LogP contribution in [0.4, 0.5) is 4.39 Å². The molecule has 0 radical (unpaired) electrons. The van der Waals surface area contributed by atoms with Crippen LogP contribution in [0.5, 0.6) is 11.5 Å². The quantitative estimate of drug-likeness (QED) is 0.510. The van der Waals surface area contributed by atoms with Crippen molar-refractivity contribution in [3.8, 4) is 33.5 Å². The number of aryl methyl sites for hydroxylation is 3. The molecule has 0 saturated heterocycles. The highest BCUT2D eigenvalue weighted by molar-refractivity contribution is 7.17. The molecule has 0 amide bonds. The van der Waals surface area contributed by atoms with Crippen LogP contribution in [-0.2, 0) is 7.05 Å². The number of benzene rings is 2. The van der Waals surface area contributed by atoms with Crippen molar-refractivity contribution in [2.75, 3.05) is 0 Å². The lowest BCUT2D eigenvalue weighted by atomic mass is 10.1. The molecule has 0 unspecified atom stereocenters. The number of hydrogen-bond donors (Lipinski definition) is 1. The Labute approximate surface area is 174 Å². The van der Waals surface area contributed by atoms with Gasteiger partial charge in [-0.2, -0.15) is 4.80 Å². The van der Waals surface area contributed by atoms with E-state index in [1.807, 2.05) is 6.92 Å². The Morgan fingerprint density at radius 1 is 1.17 bits per heavy atom. The number of hydrogen-bond acceptors (Lipinski definition) is 7. The fourth-order valence-electron chi connectivity index (χ4n) is 2.84. The summed E-state index contributed by atoms with van der Waals surface area (Å²) in [5.74, 6) is -0.824. The third kappa shape index (κ3) is 3.77. The van der Waals surface area contributed by atoms with E-state index >= 15 is 0 Å². The third-order valence-electron chi connectivity index (χ3n) is 4.27. The average Bonchev–Trinajstić information content (AvgIpc) is 3.31. The van der Waals surface area contributed by atoms with E-state index in [4.69, 9.17) is 4.74 Å². The first-order chi connectivity index (χ1) is 14.3. The molecule has 0 atom stereocenters. The fourth-order valence-corrected chi connectivity index (χ4v) is 3.75. The molecule has 30 heavy (non-hydrogen) atoms. The summed E-state index contributed by atoms with van der Waals surface area (Å²) in [4.78, 5) is 17.2. The van der Waals surface area contributed by atoms with E-state index in [0.29, 0.717) is 27.6 Å². The van der Waals surface area contributed by atoms with Gasteiger partial charge in [0, 0.05) is 5.56 Å². The number of aromatic carboxylic acids is 1. The van der Waals surface area contributed by atoms with Gasteiger partial charge in [-0.05, 0) is 55.0 Å². The molecule has 2 aromatic heterocycles. The van der Waals surface area contributed by atoms with Crippen molar-refractivity contribution in [2.45, 2.75) is 13.8 Å². The standard InChI is InChI=1S/C20H16FN5O3S/c1-10-4-6-14(21)16(8-10)29-15-7-5-12(9-13(15)18-23-25-26(3)24-18)19-22-11(2)17(30-19)20(27)28/h4-9H,1-3H3,(H,27,28). The average molecular weight is 425 g/mol. The van der Waals surface area contributed by atoms with Crippen molar-refractivity contribution >= 4 is 17.3 Å². The summed E-state index contributed by atoms with van der Waals surface area (Å²) < 4.78 is 20.1. The molecule has 0 aliphatic rings. The van der Waals surface area contributed by atoms with Crippen molar-refractivity contribution in [1.82, 2.24) is 25.2 Å². The van der Waals surface area contributed by atoms with Crippen LogP contribution in [0.3, 0.4) is 0 Å². The van der Waals surface area contributed by atoms with Gasteiger partial charge in [-0.3, -0.25) is 0 Å². The summed E-state index contributed by atoms with van der Waals surface area (Å²) in [6.45, 7) is 3.48. The maximum Gasteiger partial charge on any atom is 0.347 e. The Balaban J connectivity index is 1.82. The van der Waals surface area contributed by atoms with Crippen LogP contribution in [0.15, 0.2) is 36.4 Å². The second-order valence-corrected chi connectivity index (χ2v) is 7.59. The lowest BCUT2D eigenvalue weighted by Crippen LogP contribution is -1.95. The van der Waals surface area contributed by atoms with Crippen LogP contribution in [0, 0.1) is 19.7 Å². The van der Waals surface area contributed by atoms with Crippen LogP contribution in [0.25, 0.3) is 22.0 Å². The second kappa shape index (κ2) is 7.64. The highest BCUT2D eigenvalue weighted by Gasteiger charge is 2.19. The smallest absolute Gasteiger partial charge is 0.347 e. The monoisotopic (exact) mass is 425 g/mol. The van der Waals surface area contributed by atoms with Crippen molar-refractivity contribution in [2.24, 2.45) is 7.05 Å². The van der Waals surface area contributed by atoms with Gasteiger partial charge in [-0.15, -0.1) is 21.5 Å². The summed E-state index contributed by atoms with van der Waals surface area (Å²) in [7, 11) is 1.63. The number of tetrazole rings is 1. The number of carboxylic acids is 1. The van der Waals surface area contributed by atoms with Gasteiger partial charge < -0.3 is 9.84 Å². The predicted molar refractivity (Wildman–Crippen MR) is 108 cm³/mol. The maximum absolute atomic E-state index is 14.2. The van der Waals surface area contributed by atoms with Crippen LogP contribution in [0.2, 0.25) is 0 Å². The Morgan fingerprint density at radius 3 is 2.63 bits per heavy atom. The third-order valence-corrected chi connectivity index (χ3v) is 5.47. The van der Waals surface area contributed by atoms with Crippen LogP contribution in [-0.4, -0.2) is 36.3 Å². The van der Waals surface area contributed by atoms with E-state index in [1.165, 1.54) is 10.9 Å². The SMILES string of the molecule is Cc1ccc(F)c(Oc2ccc(-c3nc(C)c(C(=O)O)s3)cc2-c2nnn(C)n2)c1. The second-order valence-electron chi connectivity index (χ2n) is 6.59. The molecule has 4 aromatic rings. The number of nitrogens with zero attached hydrogens (tertiary/aromatic N) is 5. The van der Waals surface area contributed by atoms with Crippen molar-refractivity contribution in [3.05, 3.63) is 58.3 Å². The molecule has 0 bridgehead atoms. The minimum absolute atomic E-state index is 0.0751. The molecule has 10 heteroatoms. The Bertz CT molecular complexity index is 1270. The minimum Gasteiger partial charge on any atom is -0.477 e. The molecule has 8 nitrogen and oxygen atoms in total. The molecule has 0 spiro atoms. The number of carbonyl (C=O) groups is 1. The van der Waals surface area contributed by atoms with Crippen molar-refractivity contribution in [1.29, 1.82) is 0 Å². The number of ether oxygens (including phenoxy) is 1. The van der Waals surface area contributed by atoms with Gasteiger partial charge in [0.2, 0.25) is 5.82 Å². The van der Waals surface area contributed by atoms with E-state index < -0.39 is 11.8 Å². The van der Waals surface area contributed by atoms with Crippen LogP contribution in [0.1, 0.15) is 20.9 Å². The molecule has 1 N–H and O–H groups in total. The van der Waals surface area contributed by atoms with E-state index in [0.717, 1.165) is 16.9 Å². The lowest BCUT2D eigenvalue weighted by molar-refractivity contribution is 0.0701. The Morgan fingerprint density at radius 2 is 1.97 bits per heavy atom. The zero-order valence-corrected chi connectivity index (χ0v) is 17.1. The summed E-state index contributed by atoms with van der Waals surface area (Å²) in [5, 5.41) is 21.9. The molecule has 0 aliphatic heterocycles. The maximum atomic E-state index is 14.2. The van der Waals surface area contributed by atoms with Gasteiger partial charge in [0.25, 0.3) is 0 Å².